The number of benzene rings is 2. The van der Waals surface area contributed by atoms with Crippen LogP contribution in [0.4, 0.5) is 5.69 Å². The highest BCUT2D eigenvalue weighted by molar-refractivity contribution is 9.10. The number of halogens is 1. The maximum Gasteiger partial charge on any atom is 0.258 e. The summed E-state index contributed by atoms with van der Waals surface area (Å²) in [5.41, 5.74) is 1.61. The molecule has 3 rings (SSSR count). The molecule has 0 aromatic heterocycles. The number of hydrogen-bond acceptors (Lipinski definition) is 4. The number of hydrogen-bond donors (Lipinski definition) is 3. The number of carbonyl (C=O) groups excluding carboxylic acids is 1. The predicted molar refractivity (Wildman–Crippen MR) is 94.7 cm³/mol. The SMILES string of the molecule is O=C(c1ccccc1)N1CC[C@@H](CCO)c2c(O)cc(O)c(Br)c21. The molecule has 0 fully saturated rings. The van der Waals surface area contributed by atoms with Crippen LogP contribution in [0.2, 0.25) is 0 Å². The van der Waals surface area contributed by atoms with Crippen LogP contribution in [-0.2, 0) is 0 Å². The quantitative estimate of drug-likeness (QED) is 0.748. The smallest absolute Gasteiger partial charge is 0.258 e. The second-order valence-corrected chi connectivity index (χ2v) is 6.60. The van der Waals surface area contributed by atoms with Gasteiger partial charge in [0.1, 0.15) is 11.5 Å². The number of nitrogens with zero attached hydrogens (tertiary/aromatic N) is 1. The van der Waals surface area contributed by atoms with Crippen LogP contribution in [0.5, 0.6) is 11.5 Å². The molecule has 24 heavy (non-hydrogen) atoms. The average molecular weight is 392 g/mol. The highest BCUT2D eigenvalue weighted by atomic mass is 79.9. The number of carbonyl (C=O) groups is 1. The molecule has 0 radical (unpaired) electrons. The van der Waals surface area contributed by atoms with Crippen LogP contribution in [0.15, 0.2) is 40.9 Å². The van der Waals surface area contributed by atoms with Crippen molar-refractivity contribution >= 4 is 27.5 Å². The molecule has 1 atom stereocenters. The molecule has 0 unspecified atom stereocenters. The van der Waals surface area contributed by atoms with Gasteiger partial charge in [-0.25, -0.2) is 0 Å². The fourth-order valence-electron chi connectivity index (χ4n) is 3.22. The van der Waals surface area contributed by atoms with Gasteiger partial charge in [0.25, 0.3) is 5.91 Å². The van der Waals surface area contributed by atoms with Crippen molar-refractivity contribution in [2.45, 2.75) is 18.8 Å². The molecule has 0 bridgehead atoms. The molecule has 0 aliphatic carbocycles. The molecule has 5 nitrogen and oxygen atoms in total. The van der Waals surface area contributed by atoms with Gasteiger partial charge in [-0.2, -0.15) is 0 Å². The summed E-state index contributed by atoms with van der Waals surface area (Å²) in [6, 6.07) is 10.2. The number of anilines is 1. The number of rotatable bonds is 3. The van der Waals surface area contributed by atoms with Gasteiger partial charge in [-0.1, -0.05) is 18.2 Å². The first-order valence-electron chi connectivity index (χ1n) is 7.76. The first-order chi connectivity index (χ1) is 11.5. The molecular weight excluding hydrogens is 374 g/mol. The number of aromatic hydroxyl groups is 2. The van der Waals surface area contributed by atoms with E-state index in [9.17, 15) is 20.1 Å². The third-order valence-corrected chi connectivity index (χ3v) is 5.14. The minimum Gasteiger partial charge on any atom is -0.507 e. The van der Waals surface area contributed by atoms with Gasteiger partial charge in [0.05, 0.1) is 10.2 Å². The molecule has 6 heteroatoms. The van der Waals surface area contributed by atoms with E-state index in [4.69, 9.17) is 0 Å². The van der Waals surface area contributed by atoms with Crippen LogP contribution in [-0.4, -0.2) is 34.4 Å². The Balaban J connectivity index is 2.12. The lowest BCUT2D eigenvalue weighted by atomic mass is 9.86. The Morgan fingerprint density at radius 1 is 1.21 bits per heavy atom. The Hall–Kier alpha value is -2.05. The van der Waals surface area contributed by atoms with Crippen LogP contribution in [0, 0.1) is 0 Å². The summed E-state index contributed by atoms with van der Waals surface area (Å²) in [5.74, 6) is -0.441. The summed E-state index contributed by atoms with van der Waals surface area (Å²) in [5, 5.41) is 29.7. The Bertz CT molecular complexity index is 763. The summed E-state index contributed by atoms with van der Waals surface area (Å²) in [4.78, 5) is 14.5. The normalized spacial score (nSPS) is 16.8. The Labute approximate surface area is 148 Å². The number of phenols is 2. The average Bonchev–Trinajstić information content (AvgIpc) is 2.60. The van der Waals surface area contributed by atoms with E-state index in [1.807, 2.05) is 6.07 Å². The molecule has 1 aliphatic heterocycles. The summed E-state index contributed by atoms with van der Waals surface area (Å²) in [6.07, 6.45) is 1.13. The van der Waals surface area contributed by atoms with E-state index in [-0.39, 0.29) is 29.9 Å². The molecule has 1 heterocycles. The van der Waals surface area contributed by atoms with Crippen molar-refractivity contribution in [2.24, 2.45) is 0 Å². The number of aliphatic hydroxyl groups is 1. The lowest BCUT2D eigenvalue weighted by Gasteiger charge is -2.35. The number of phenolic OH excluding ortho intramolecular Hbond substituents is 2. The molecule has 0 spiro atoms. The predicted octanol–water partition coefficient (Wildman–Crippen LogP) is 3.38. The molecule has 1 aliphatic rings. The Kier molecular flexibility index (Phi) is 4.78. The molecule has 0 saturated carbocycles. The zero-order chi connectivity index (χ0) is 17.3. The van der Waals surface area contributed by atoms with Crippen LogP contribution >= 0.6 is 15.9 Å². The highest BCUT2D eigenvalue weighted by Crippen LogP contribution is 2.50. The topological polar surface area (TPSA) is 81.0 Å². The van der Waals surface area contributed by atoms with E-state index in [0.717, 1.165) is 0 Å². The molecular formula is C18H18BrNO4. The second kappa shape index (κ2) is 6.83. The maximum atomic E-state index is 12.9. The summed E-state index contributed by atoms with van der Waals surface area (Å²) >= 11 is 3.34. The molecule has 1 amide bonds. The van der Waals surface area contributed by atoms with Crippen molar-refractivity contribution < 1.29 is 20.1 Å². The first-order valence-corrected chi connectivity index (χ1v) is 8.56. The van der Waals surface area contributed by atoms with E-state index in [1.165, 1.54) is 6.07 Å². The zero-order valence-electron chi connectivity index (χ0n) is 12.9. The number of amides is 1. The van der Waals surface area contributed by atoms with Gasteiger partial charge in [0.15, 0.2) is 0 Å². The minimum atomic E-state index is -0.190. The Morgan fingerprint density at radius 3 is 2.58 bits per heavy atom. The largest absolute Gasteiger partial charge is 0.507 e. The van der Waals surface area contributed by atoms with Gasteiger partial charge in [0.2, 0.25) is 0 Å². The fraction of sp³-hybridized carbons (Fsp3) is 0.278. The second-order valence-electron chi connectivity index (χ2n) is 5.81. The standard InChI is InChI=1S/C18H18BrNO4/c19-16-14(23)10-13(22)15-11(7-9-21)6-8-20(17(15)16)18(24)12-4-2-1-3-5-12/h1-5,10-11,21-23H,6-9H2/t11-/m0/s1. The van der Waals surface area contributed by atoms with Crippen molar-refractivity contribution in [3.8, 4) is 11.5 Å². The lowest BCUT2D eigenvalue weighted by Crippen LogP contribution is -2.37. The van der Waals surface area contributed by atoms with E-state index >= 15 is 0 Å². The maximum absolute atomic E-state index is 12.9. The summed E-state index contributed by atoms with van der Waals surface area (Å²) in [7, 11) is 0. The molecule has 126 valence electrons. The van der Waals surface area contributed by atoms with Crippen LogP contribution in [0.3, 0.4) is 0 Å². The van der Waals surface area contributed by atoms with Crippen molar-refractivity contribution in [2.75, 3.05) is 18.1 Å². The number of aliphatic hydroxyl groups excluding tert-OH is 1. The highest BCUT2D eigenvalue weighted by Gasteiger charge is 2.34. The van der Waals surface area contributed by atoms with Crippen LogP contribution < -0.4 is 4.90 Å². The van der Waals surface area contributed by atoms with Gasteiger partial charge in [0, 0.05) is 30.3 Å². The molecule has 3 N–H and O–H groups in total. The fourth-order valence-corrected chi connectivity index (χ4v) is 3.77. The van der Waals surface area contributed by atoms with Gasteiger partial charge in [-0.3, -0.25) is 4.79 Å². The van der Waals surface area contributed by atoms with E-state index < -0.39 is 0 Å². The van der Waals surface area contributed by atoms with E-state index in [0.29, 0.717) is 40.7 Å². The van der Waals surface area contributed by atoms with E-state index in [1.54, 1.807) is 29.2 Å². The van der Waals surface area contributed by atoms with Gasteiger partial charge < -0.3 is 20.2 Å². The third-order valence-electron chi connectivity index (χ3n) is 4.36. The minimum absolute atomic E-state index is 0.00528. The monoisotopic (exact) mass is 391 g/mol. The van der Waals surface area contributed by atoms with Gasteiger partial charge >= 0.3 is 0 Å². The van der Waals surface area contributed by atoms with Crippen molar-refractivity contribution in [1.82, 2.24) is 0 Å². The molecule has 2 aromatic carbocycles. The van der Waals surface area contributed by atoms with Crippen molar-refractivity contribution in [3.63, 3.8) is 0 Å². The van der Waals surface area contributed by atoms with Gasteiger partial charge in [-0.15, -0.1) is 0 Å². The lowest BCUT2D eigenvalue weighted by molar-refractivity contribution is 0.0983. The number of fused-ring (bicyclic) bond motifs is 1. The van der Waals surface area contributed by atoms with Crippen LogP contribution in [0.1, 0.15) is 34.7 Å². The summed E-state index contributed by atoms with van der Waals surface area (Å²) < 4.78 is 0.377. The van der Waals surface area contributed by atoms with Crippen LogP contribution in [0.25, 0.3) is 0 Å². The third kappa shape index (κ3) is 2.87. The molecule has 0 saturated heterocycles. The Morgan fingerprint density at radius 2 is 1.92 bits per heavy atom. The zero-order valence-corrected chi connectivity index (χ0v) is 14.5. The van der Waals surface area contributed by atoms with E-state index in [2.05, 4.69) is 15.9 Å². The van der Waals surface area contributed by atoms with Gasteiger partial charge in [-0.05, 0) is 46.8 Å². The molecule has 2 aromatic rings. The van der Waals surface area contributed by atoms with Crippen molar-refractivity contribution in [3.05, 3.63) is 52.0 Å². The summed E-state index contributed by atoms with van der Waals surface area (Å²) in [6.45, 7) is 0.446. The van der Waals surface area contributed by atoms with Crippen molar-refractivity contribution in [1.29, 1.82) is 0 Å². The first kappa shape index (κ1) is 16.8.